The van der Waals surface area contributed by atoms with Crippen molar-refractivity contribution in [2.45, 2.75) is 72.0 Å². The molecule has 0 aromatic carbocycles. The largest absolute Gasteiger partial charge is 0.478 e. The van der Waals surface area contributed by atoms with Gasteiger partial charge in [-0.25, -0.2) is 4.79 Å². The molecule has 0 aromatic rings. The lowest BCUT2D eigenvalue weighted by atomic mass is 9.47. The van der Waals surface area contributed by atoms with Gasteiger partial charge in [-0.05, 0) is 51.4 Å². The topological polar surface area (TPSA) is 98.0 Å². The van der Waals surface area contributed by atoms with Crippen LogP contribution in [-0.4, -0.2) is 45.2 Å². The van der Waals surface area contributed by atoms with Crippen LogP contribution in [0.25, 0.3) is 0 Å². The zero-order chi connectivity index (χ0) is 19.0. The number of hydrogen-bond donors (Lipinski definition) is 4. The van der Waals surface area contributed by atoms with Crippen molar-refractivity contribution in [3.05, 3.63) is 22.8 Å². The van der Waals surface area contributed by atoms with Crippen LogP contribution in [0, 0.1) is 16.7 Å². The van der Waals surface area contributed by atoms with Crippen molar-refractivity contribution >= 4 is 5.97 Å². The SMILES string of the molecule is CC1=C(CC/C(C)=C/C(=O)O)[C@@]2(C)CC[C@@H](O)[C@](C)(CO)C2[C@H](O)C1. The van der Waals surface area contributed by atoms with E-state index in [0.717, 1.165) is 24.0 Å². The highest BCUT2D eigenvalue weighted by molar-refractivity contribution is 5.80. The summed E-state index contributed by atoms with van der Waals surface area (Å²) in [5.41, 5.74) is 2.21. The molecule has 0 radical (unpaired) electrons. The van der Waals surface area contributed by atoms with E-state index in [0.29, 0.717) is 19.3 Å². The molecule has 5 atom stereocenters. The number of aliphatic hydroxyl groups excluding tert-OH is 3. The second-order valence-electron chi connectivity index (χ2n) is 8.47. The van der Waals surface area contributed by atoms with Crippen LogP contribution in [0.15, 0.2) is 22.8 Å². The molecule has 5 heteroatoms. The van der Waals surface area contributed by atoms with Gasteiger partial charge in [-0.15, -0.1) is 0 Å². The number of rotatable bonds is 5. The van der Waals surface area contributed by atoms with E-state index in [2.05, 4.69) is 6.92 Å². The Labute approximate surface area is 150 Å². The Morgan fingerprint density at radius 1 is 1.32 bits per heavy atom. The van der Waals surface area contributed by atoms with Crippen LogP contribution in [0.4, 0.5) is 0 Å². The first-order valence-corrected chi connectivity index (χ1v) is 9.12. The normalized spacial score (nSPS) is 39.3. The van der Waals surface area contributed by atoms with Crippen molar-refractivity contribution < 1.29 is 25.2 Å². The summed E-state index contributed by atoms with van der Waals surface area (Å²) in [7, 11) is 0. The van der Waals surface area contributed by atoms with Crippen LogP contribution in [0.2, 0.25) is 0 Å². The average molecular weight is 352 g/mol. The highest BCUT2D eigenvalue weighted by atomic mass is 16.4. The Kier molecular flexibility index (Phi) is 5.81. The van der Waals surface area contributed by atoms with Crippen molar-refractivity contribution in [1.29, 1.82) is 0 Å². The summed E-state index contributed by atoms with van der Waals surface area (Å²) in [6.45, 7) is 7.71. The Hall–Kier alpha value is -1.17. The third kappa shape index (κ3) is 3.55. The minimum Gasteiger partial charge on any atom is -0.478 e. The van der Waals surface area contributed by atoms with Crippen LogP contribution >= 0.6 is 0 Å². The molecule has 1 saturated carbocycles. The lowest BCUT2D eigenvalue weighted by Gasteiger charge is -2.59. The molecule has 0 heterocycles. The van der Waals surface area contributed by atoms with Crippen LogP contribution in [0.1, 0.15) is 59.8 Å². The quantitative estimate of drug-likeness (QED) is 0.450. The lowest BCUT2D eigenvalue weighted by Crippen LogP contribution is -2.59. The van der Waals surface area contributed by atoms with Gasteiger partial charge in [0, 0.05) is 17.4 Å². The first-order chi connectivity index (χ1) is 11.6. The molecule has 0 bridgehead atoms. The molecule has 0 aromatic heterocycles. The third-order valence-electron chi connectivity index (χ3n) is 6.68. The van der Waals surface area contributed by atoms with E-state index >= 15 is 0 Å². The second kappa shape index (κ2) is 7.22. The Balaban J connectivity index is 2.37. The fourth-order valence-electron chi connectivity index (χ4n) is 5.41. The van der Waals surface area contributed by atoms with Gasteiger partial charge in [0.25, 0.3) is 0 Å². The summed E-state index contributed by atoms with van der Waals surface area (Å²) in [5, 5.41) is 40.2. The van der Waals surface area contributed by atoms with Crippen LogP contribution in [-0.2, 0) is 4.79 Å². The summed E-state index contributed by atoms with van der Waals surface area (Å²) in [5.74, 6) is -1.14. The molecule has 0 spiro atoms. The molecule has 2 aliphatic carbocycles. The van der Waals surface area contributed by atoms with Gasteiger partial charge in [0.15, 0.2) is 0 Å². The third-order valence-corrected chi connectivity index (χ3v) is 6.68. The van der Waals surface area contributed by atoms with Gasteiger partial charge in [-0.2, -0.15) is 0 Å². The lowest BCUT2D eigenvalue weighted by molar-refractivity contribution is -0.160. The number of carbonyl (C=O) groups is 1. The summed E-state index contributed by atoms with van der Waals surface area (Å²) >= 11 is 0. The summed E-state index contributed by atoms with van der Waals surface area (Å²) in [6.07, 6.45) is 3.34. The molecule has 1 unspecified atom stereocenters. The average Bonchev–Trinajstić information content (AvgIpc) is 2.49. The molecule has 25 heavy (non-hydrogen) atoms. The number of hydrogen-bond acceptors (Lipinski definition) is 4. The zero-order valence-corrected chi connectivity index (χ0v) is 15.7. The maximum Gasteiger partial charge on any atom is 0.328 e. The van der Waals surface area contributed by atoms with Crippen molar-refractivity contribution in [1.82, 2.24) is 0 Å². The van der Waals surface area contributed by atoms with Gasteiger partial charge in [0.05, 0.1) is 18.8 Å². The second-order valence-corrected chi connectivity index (χ2v) is 8.47. The number of aliphatic carboxylic acids is 1. The summed E-state index contributed by atoms with van der Waals surface area (Å²) in [4.78, 5) is 10.8. The molecule has 0 saturated heterocycles. The molecule has 1 fully saturated rings. The van der Waals surface area contributed by atoms with Gasteiger partial charge >= 0.3 is 5.97 Å². The fourth-order valence-corrected chi connectivity index (χ4v) is 5.41. The minimum atomic E-state index is -0.931. The molecule has 0 aliphatic heterocycles. The van der Waals surface area contributed by atoms with Crippen LogP contribution in [0.3, 0.4) is 0 Å². The van der Waals surface area contributed by atoms with Gasteiger partial charge in [-0.3, -0.25) is 0 Å². The molecular weight excluding hydrogens is 320 g/mol. The molecule has 142 valence electrons. The molecule has 2 aliphatic rings. The van der Waals surface area contributed by atoms with E-state index in [4.69, 9.17) is 5.11 Å². The standard InChI is InChI=1S/C20H32O5/c1-12(9-17(24)25)5-6-14-13(2)10-15(22)18-19(14,3)8-7-16(23)20(18,4)11-21/h9,15-16,18,21-23H,5-8,10-11H2,1-4H3,(H,24,25)/b12-9+/t15-,16-,18?,19-,20+/m1/s1. The van der Waals surface area contributed by atoms with Crippen molar-refractivity contribution in [2.75, 3.05) is 6.61 Å². The van der Waals surface area contributed by atoms with E-state index in [9.17, 15) is 20.1 Å². The van der Waals surface area contributed by atoms with E-state index in [1.165, 1.54) is 11.6 Å². The number of carboxylic acid groups (broad SMARTS) is 1. The minimum absolute atomic E-state index is 0.157. The van der Waals surface area contributed by atoms with Gasteiger partial charge in [0.1, 0.15) is 0 Å². The number of carboxylic acids is 1. The molecule has 0 amide bonds. The molecule has 4 N–H and O–H groups in total. The first-order valence-electron chi connectivity index (χ1n) is 9.12. The predicted molar refractivity (Wildman–Crippen MR) is 96.0 cm³/mol. The zero-order valence-electron chi connectivity index (χ0n) is 15.7. The van der Waals surface area contributed by atoms with Crippen LogP contribution < -0.4 is 0 Å². The smallest absolute Gasteiger partial charge is 0.328 e. The summed E-state index contributed by atoms with van der Waals surface area (Å²) in [6, 6.07) is 0. The van der Waals surface area contributed by atoms with Crippen LogP contribution in [0.5, 0.6) is 0 Å². The summed E-state index contributed by atoms with van der Waals surface area (Å²) < 4.78 is 0. The van der Waals surface area contributed by atoms with E-state index in [1.54, 1.807) is 0 Å². The van der Waals surface area contributed by atoms with Gasteiger partial charge < -0.3 is 20.4 Å². The number of allylic oxidation sites excluding steroid dienone is 2. The highest BCUT2D eigenvalue weighted by Gasteiger charge is 2.58. The first kappa shape index (κ1) is 20.1. The number of aliphatic hydroxyl groups is 3. The van der Waals surface area contributed by atoms with Gasteiger partial charge in [0.2, 0.25) is 0 Å². The molecule has 5 nitrogen and oxygen atoms in total. The maximum atomic E-state index is 10.8. The van der Waals surface area contributed by atoms with Crippen molar-refractivity contribution in [3.63, 3.8) is 0 Å². The van der Waals surface area contributed by atoms with Crippen molar-refractivity contribution in [2.24, 2.45) is 16.7 Å². The van der Waals surface area contributed by atoms with Gasteiger partial charge in [-0.1, -0.05) is 30.6 Å². The molecule has 2 rings (SSSR count). The van der Waals surface area contributed by atoms with E-state index in [-0.39, 0.29) is 17.9 Å². The number of fused-ring (bicyclic) bond motifs is 1. The molecular formula is C20H32O5. The highest BCUT2D eigenvalue weighted by Crippen LogP contribution is 2.60. The predicted octanol–water partition coefficient (Wildman–Crippen LogP) is 2.65. The Bertz CT molecular complexity index is 593. The van der Waals surface area contributed by atoms with E-state index < -0.39 is 23.6 Å². The Morgan fingerprint density at radius 3 is 2.52 bits per heavy atom. The van der Waals surface area contributed by atoms with E-state index in [1.807, 2.05) is 20.8 Å². The Morgan fingerprint density at radius 2 is 1.96 bits per heavy atom. The van der Waals surface area contributed by atoms with Crippen molar-refractivity contribution in [3.8, 4) is 0 Å². The monoisotopic (exact) mass is 352 g/mol. The maximum absolute atomic E-state index is 10.8. The fraction of sp³-hybridized carbons (Fsp3) is 0.750.